The summed E-state index contributed by atoms with van der Waals surface area (Å²) in [4.78, 5) is 0. The second-order valence-electron chi connectivity index (χ2n) is 3.29. The van der Waals surface area contributed by atoms with E-state index in [-0.39, 0.29) is 0 Å². The highest BCUT2D eigenvalue weighted by atomic mass is 35.9. The van der Waals surface area contributed by atoms with E-state index in [1.807, 2.05) is 0 Å². The van der Waals surface area contributed by atoms with Crippen LogP contribution in [0.3, 0.4) is 0 Å². The van der Waals surface area contributed by atoms with Gasteiger partial charge in [-0.25, -0.2) is 0 Å². The fraction of sp³-hybridized carbons (Fsp3) is 1.00. The normalized spacial score (nSPS) is 45.4. The van der Waals surface area contributed by atoms with Gasteiger partial charge in [0.1, 0.15) is 0 Å². The molecule has 2 saturated heterocycles. The van der Waals surface area contributed by atoms with Crippen molar-refractivity contribution in [1.29, 1.82) is 0 Å². The Balaban J connectivity index is 2.18. The second kappa shape index (κ2) is 4.47. The molecule has 3 aliphatic rings. The van der Waals surface area contributed by atoms with E-state index in [0.717, 1.165) is 24.6 Å². The van der Waals surface area contributed by atoms with E-state index in [1.54, 1.807) is 22.8 Å². The molecule has 5 nitrogen and oxygen atoms in total. The summed E-state index contributed by atoms with van der Waals surface area (Å²) >= 11 is 16.0. The molecule has 0 saturated carbocycles. The smallest absolute Gasteiger partial charge is 0.257 e. The van der Waals surface area contributed by atoms with E-state index >= 15 is 0 Å². The van der Waals surface area contributed by atoms with Crippen LogP contribution in [-0.4, -0.2) is 24.6 Å². The fourth-order valence-corrected chi connectivity index (χ4v) is 24.8. The van der Waals surface area contributed by atoms with Gasteiger partial charge in [0, 0.05) is 24.6 Å². The summed E-state index contributed by atoms with van der Waals surface area (Å²) in [5, 5.41) is 6.79. The number of rotatable bonds is 0. The number of halogens is 2. The summed E-state index contributed by atoms with van der Waals surface area (Å²) in [6, 6.07) is 0. The van der Waals surface area contributed by atoms with Crippen molar-refractivity contribution in [3.8, 4) is 0 Å². The highest BCUT2D eigenvalue weighted by Crippen LogP contribution is 2.87. The van der Waals surface area contributed by atoms with Gasteiger partial charge in [0.2, 0.25) is 13.1 Å². The van der Waals surface area contributed by atoms with E-state index in [4.69, 9.17) is 27.0 Å². The molecule has 2 fully saturated rings. The van der Waals surface area contributed by atoms with Crippen molar-refractivity contribution in [1.82, 2.24) is 10.2 Å². The first-order chi connectivity index (χ1) is 7.54. The monoisotopic (exact) mass is 355 g/mol. The lowest BCUT2D eigenvalue weighted by atomic mass is 10.8. The zero-order chi connectivity index (χ0) is 11.3. The van der Waals surface area contributed by atoms with Crippen LogP contribution in [-0.2, 0) is 0 Å². The van der Waals surface area contributed by atoms with Gasteiger partial charge >= 0.3 is 0 Å². The maximum atomic E-state index is 6.24. The van der Waals surface area contributed by atoms with Gasteiger partial charge in [0.05, 0.1) is 0 Å². The highest BCUT2D eigenvalue weighted by Gasteiger charge is 2.39. The Morgan fingerprint density at radius 2 is 1.44 bits per heavy atom. The number of nitrogens with zero attached hydrogens (tertiary/aromatic N) is 3. The zero-order valence-electron chi connectivity index (χ0n) is 8.08. The van der Waals surface area contributed by atoms with Crippen LogP contribution in [0.5, 0.6) is 0 Å². The molecule has 12 heteroatoms. The van der Waals surface area contributed by atoms with Gasteiger partial charge in [0.15, 0.2) is 0 Å². The SMILES string of the molecule is ClP1(Cl)=NP2(=NP3(=N1)NCCS3)NCCS2. The highest BCUT2D eigenvalue weighted by molar-refractivity contribution is 8.64. The summed E-state index contributed by atoms with van der Waals surface area (Å²) in [5.41, 5.74) is 0. The van der Waals surface area contributed by atoms with Crippen LogP contribution in [0.2, 0.25) is 0 Å². The van der Waals surface area contributed by atoms with Gasteiger partial charge in [-0.15, -0.1) is 0 Å². The molecule has 0 aromatic rings. The Morgan fingerprint density at radius 1 is 0.875 bits per heavy atom. The van der Waals surface area contributed by atoms with Crippen molar-refractivity contribution in [2.75, 3.05) is 24.6 Å². The van der Waals surface area contributed by atoms with Gasteiger partial charge in [-0.2, -0.15) is 13.5 Å². The van der Waals surface area contributed by atoms with Crippen LogP contribution in [0.25, 0.3) is 0 Å². The van der Waals surface area contributed by atoms with Crippen LogP contribution in [0.1, 0.15) is 0 Å². The molecule has 3 aliphatic heterocycles. The van der Waals surface area contributed by atoms with Crippen LogP contribution in [0.15, 0.2) is 13.5 Å². The summed E-state index contributed by atoms with van der Waals surface area (Å²) < 4.78 is 13.9. The maximum absolute atomic E-state index is 6.24. The molecule has 0 radical (unpaired) electrons. The molecule has 16 heavy (non-hydrogen) atoms. The number of nitrogens with one attached hydrogen (secondary N) is 2. The third-order valence-corrected chi connectivity index (χ3v) is 19.5. The van der Waals surface area contributed by atoms with Gasteiger partial charge in [-0.3, -0.25) is 10.2 Å². The molecule has 0 bridgehead atoms. The van der Waals surface area contributed by atoms with Crippen LogP contribution in [0.4, 0.5) is 0 Å². The van der Waals surface area contributed by atoms with Crippen molar-refractivity contribution in [2.45, 2.75) is 0 Å². The van der Waals surface area contributed by atoms with E-state index in [1.165, 1.54) is 0 Å². The zero-order valence-corrected chi connectivity index (χ0v) is 13.9. The summed E-state index contributed by atoms with van der Waals surface area (Å²) in [5.74, 6) is -0.479. The summed E-state index contributed by atoms with van der Waals surface area (Å²) in [6.45, 7) is -1.94. The minimum absolute atomic E-state index is 0.934. The minimum atomic E-state index is -2.53. The largest absolute Gasteiger partial charge is 0.257 e. The Labute approximate surface area is 112 Å². The molecule has 3 heterocycles. The summed E-state index contributed by atoms with van der Waals surface area (Å²) in [7, 11) is 0. The third kappa shape index (κ3) is 2.45. The van der Waals surface area contributed by atoms with Crippen molar-refractivity contribution < 1.29 is 0 Å². The van der Waals surface area contributed by atoms with Gasteiger partial charge in [0.25, 0.3) is 5.91 Å². The lowest BCUT2D eigenvalue weighted by Crippen LogP contribution is -2.05. The lowest BCUT2D eigenvalue weighted by molar-refractivity contribution is 1.04. The Bertz CT molecular complexity index is 451. The van der Waals surface area contributed by atoms with Crippen molar-refractivity contribution >= 4 is 64.3 Å². The topological polar surface area (TPSA) is 61.1 Å². The van der Waals surface area contributed by atoms with Gasteiger partial charge in [-0.1, -0.05) is 22.8 Å². The molecular formula is C4H10Cl2N5P3S2. The standard InChI is InChI=1S/C4H10Cl2N5P3S2/c5-12(6)9-13(7-1-3-15-13)11-14(10-12)8-2-4-16-14/h7-8H,1-4H2. The van der Waals surface area contributed by atoms with Crippen LogP contribution in [0, 0.1) is 0 Å². The predicted octanol–water partition coefficient (Wildman–Crippen LogP) is 4.99. The third-order valence-electron chi connectivity index (χ3n) is 2.08. The van der Waals surface area contributed by atoms with E-state index in [0.29, 0.717) is 0 Å². The van der Waals surface area contributed by atoms with E-state index in [2.05, 4.69) is 19.2 Å². The van der Waals surface area contributed by atoms with Crippen LogP contribution < -0.4 is 10.2 Å². The fourth-order valence-electron chi connectivity index (χ4n) is 1.56. The van der Waals surface area contributed by atoms with Gasteiger partial charge in [-0.05, 0) is 22.5 Å². The maximum Gasteiger partial charge on any atom is 0.257 e. The number of hydrogen-bond acceptors (Lipinski definition) is 7. The molecule has 2 unspecified atom stereocenters. The van der Waals surface area contributed by atoms with E-state index in [9.17, 15) is 0 Å². The van der Waals surface area contributed by atoms with E-state index < -0.39 is 19.0 Å². The summed E-state index contributed by atoms with van der Waals surface area (Å²) in [6.07, 6.45) is 0. The molecule has 2 spiro atoms. The number of hydrogen-bond donors (Lipinski definition) is 2. The Morgan fingerprint density at radius 3 is 1.94 bits per heavy atom. The molecule has 0 aromatic carbocycles. The molecule has 92 valence electrons. The quantitative estimate of drug-likeness (QED) is 0.601. The lowest BCUT2D eigenvalue weighted by Gasteiger charge is -2.25. The van der Waals surface area contributed by atoms with Crippen molar-refractivity contribution in [3.05, 3.63) is 0 Å². The van der Waals surface area contributed by atoms with Crippen molar-refractivity contribution in [2.24, 2.45) is 13.5 Å². The van der Waals surface area contributed by atoms with Crippen molar-refractivity contribution in [3.63, 3.8) is 0 Å². The molecule has 0 amide bonds. The second-order valence-corrected chi connectivity index (χ2v) is 18.4. The first-order valence-electron chi connectivity index (χ1n) is 4.63. The van der Waals surface area contributed by atoms with Gasteiger partial charge < -0.3 is 0 Å². The Hall–Kier alpha value is 1.89. The first-order valence-corrected chi connectivity index (χ1v) is 14.7. The molecule has 2 atom stereocenters. The predicted molar refractivity (Wildman–Crippen MR) is 80.7 cm³/mol. The average Bonchev–Trinajstić information content (AvgIpc) is 2.73. The molecular weight excluding hydrogens is 346 g/mol. The Kier molecular flexibility index (Phi) is 3.60. The first kappa shape index (κ1) is 12.9. The molecule has 3 rings (SSSR count). The molecule has 0 aromatic heterocycles. The minimum Gasteiger partial charge on any atom is -0.257 e. The molecule has 2 N–H and O–H groups in total. The molecule has 0 aliphatic carbocycles. The van der Waals surface area contributed by atoms with Crippen LogP contribution >= 0.6 is 64.3 Å². The average molecular weight is 356 g/mol.